The number of carbonyl (C=O) groups excluding carboxylic acids is 1. The summed E-state index contributed by atoms with van der Waals surface area (Å²) < 4.78 is 25.7. The SMILES string of the molecule is CCCNC(=O)CN(C)S(=O)(=O)c1cc(Cl)c(C)c([N+](=O)[O-])c1. The number of nitrogens with one attached hydrogen (secondary N) is 1. The third kappa shape index (κ3) is 4.63. The van der Waals surface area contributed by atoms with Crippen molar-refractivity contribution in [3.8, 4) is 0 Å². The minimum Gasteiger partial charge on any atom is -0.355 e. The van der Waals surface area contributed by atoms with Gasteiger partial charge in [-0.3, -0.25) is 14.9 Å². The molecule has 1 aromatic rings. The highest BCUT2D eigenvalue weighted by molar-refractivity contribution is 7.89. The lowest BCUT2D eigenvalue weighted by molar-refractivity contribution is -0.385. The molecular weight excluding hydrogens is 346 g/mol. The molecule has 0 radical (unpaired) electrons. The summed E-state index contributed by atoms with van der Waals surface area (Å²) in [6, 6.07) is 2.08. The summed E-state index contributed by atoms with van der Waals surface area (Å²) in [6.07, 6.45) is 0.724. The van der Waals surface area contributed by atoms with Crippen LogP contribution in [0.15, 0.2) is 17.0 Å². The Morgan fingerprint density at radius 2 is 2.04 bits per heavy atom. The van der Waals surface area contributed by atoms with E-state index in [1.165, 1.54) is 14.0 Å². The molecule has 0 unspecified atom stereocenters. The zero-order chi connectivity index (χ0) is 17.8. The molecule has 8 nitrogen and oxygen atoms in total. The molecule has 0 saturated carbocycles. The zero-order valence-electron chi connectivity index (χ0n) is 13.0. The molecule has 1 rings (SSSR count). The van der Waals surface area contributed by atoms with Crippen LogP contribution in [0.25, 0.3) is 0 Å². The quantitative estimate of drug-likeness (QED) is 0.585. The first-order valence-corrected chi connectivity index (χ1v) is 8.60. The van der Waals surface area contributed by atoms with Crippen LogP contribution in [0.1, 0.15) is 18.9 Å². The summed E-state index contributed by atoms with van der Waals surface area (Å²) in [7, 11) is -2.85. The number of nitro benzene ring substituents is 1. The van der Waals surface area contributed by atoms with Gasteiger partial charge in [-0.05, 0) is 19.4 Å². The van der Waals surface area contributed by atoms with E-state index < -0.39 is 20.9 Å². The van der Waals surface area contributed by atoms with E-state index >= 15 is 0 Å². The molecule has 0 aliphatic carbocycles. The highest BCUT2D eigenvalue weighted by atomic mass is 35.5. The Labute approximate surface area is 139 Å². The Hall–Kier alpha value is -1.71. The summed E-state index contributed by atoms with van der Waals surface area (Å²) in [4.78, 5) is 21.6. The van der Waals surface area contributed by atoms with E-state index in [1.54, 1.807) is 0 Å². The lowest BCUT2D eigenvalue weighted by atomic mass is 10.2. The lowest BCUT2D eigenvalue weighted by Crippen LogP contribution is -2.38. The monoisotopic (exact) mass is 363 g/mol. The number of benzene rings is 1. The van der Waals surface area contributed by atoms with Crippen LogP contribution in [0.5, 0.6) is 0 Å². The lowest BCUT2D eigenvalue weighted by Gasteiger charge is -2.17. The summed E-state index contributed by atoms with van der Waals surface area (Å²) in [5.41, 5.74) is -0.209. The van der Waals surface area contributed by atoms with Gasteiger partial charge in [0, 0.05) is 25.2 Å². The molecule has 1 N–H and O–H groups in total. The number of likely N-dealkylation sites (N-methyl/N-ethyl adjacent to an activating group) is 1. The number of hydrogen-bond donors (Lipinski definition) is 1. The van der Waals surface area contributed by atoms with Crippen molar-refractivity contribution < 1.29 is 18.1 Å². The second kappa shape index (κ2) is 7.71. The Balaban J connectivity index is 3.13. The summed E-state index contributed by atoms with van der Waals surface area (Å²) in [5.74, 6) is -0.453. The van der Waals surface area contributed by atoms with Crippen molar-refractivity contribution >= 4 is 33.2 Å². The number of hydrogen-bond acceptors (Lipinski definition) is 5. The summed E-state index contributed by atoms with van der Waals surface area (Å²) >= 11 is 5.88. The molecule has 0 bridgehead atoms. The predicted octanol–water partition coefficient (Wildman–Crippen LogP) is 1.70. The van der Waals surface area contributed by atoms with Crippen LogP contribution in [-0.4, -0.2) is 43.7 Å². The number of nitrogens with zero attached hydrogens (tertiary/aromatic N) is 2. The van der Waals surface area contributed by atoms with Crippen molar-refractivity contribution in [2.24, 2.45) is 0 Å². The number of rotatable bonds is 7. The minimum atomic E-state index is -4.07. The molecule has 0 fully saturated rings. The van der Waals surface area contributed by atoms with E-state index in [4.69, 9.17) is 11.6 Å². The smallest absolute Gasteiger partial charge is 0.275 e. The van der Waals surface area contributed by atoms with Crippen molar-refractivity contribution in [1.29, 1.82) is 0 Å². The number of amides is 1. The zero-order valence-corrected chi connectivity index (χ0v) is 14.6. The second-order valence-corrected chi connectivity index (χ2v) is 7.37. The van der Waals surface area contributed by atoms with Crippen molar-refractivity contribution in [3.63, 3.8) is 0 Å². The fourth-order valence-electron chi connectivity index (χ4n) is 1.77. The van der Waals surface area contributed by atoms with E-state index in [-0.39, 0.29) is 27.7 Å². The topological polar surface area (TPSA) is 110 Å². The average Bonchev–Trinajstić information content (AvgIpc) is 2.47. The fraction of sp³-hybridized carbons (Fsp3) is 0.462. The third-order valence-corrected chi connectivity index (χ3v) is 5.31. The summed E-state index contributed by atoms with van der Waals surface area (Å²) in [6.45, 7) is 3.35. The van der Waals surface area contributed by atoms with Crippen LogP contribution >= 0.6 is 11.6 Å². The van der Waals surface area contributed by atoms with Gasteiger partial charge >= 0.3 is 0 Å². The van der Waals surface area contributed by atoms with E-state index in [0.717, 1.165) is 22.9 Å². The molecule has 128 valence electrons. The highest BCUT2D eigenvalue weighted by Crippen LogP contribution is 2.30. The maximum atomic E-state index is 12.4. The molecule has 0 aromatic heterocycles. The van der Waals surface area contributed by atoms with Gasteiger partial charge in [0.15, 0.2) is 0 Å². The molecule has 10 heteroatoms. The minimum absolute atomic E-state index is 0.0263. The number of sulfonamides is 1. The molecular formula is C13H18ClN3O5S. The van der Waals surface area contributed by atoms with Gasteiger partial charge in [0.25, 0.3) is 5.69 Å². The maximum Gasteiger partial charge on any atom is 0.275 e. The van der Waals surface area contributed by atoms with Gasteiger partial charge in [0.2, 0.25) is 15.9 Å². The first-order chi connectivity index (χ1) is 10.6. The molecule has 0 heterocycles. The van der Waals surface area contributed by atoms with Crippen LogP contribution in [0, 0.1) is 17.0 Å². The van der Waals surface area contributed by atoms with E-state index in [2.05, 4.69) is 5.32 Å². The van der Waals surface area contributed by atoms with Gasteiger partial charge in [-0.2, -0.15) is 4.31 Å². The van der Waals surface area contributed by atoms with E-state index in [0.29, 0.717) is 6.54 Å². The largest absolute Gasteiger partial charge is 0.355 e. The maximum absolute atomic E-state index is 12.4. The summed E-state index contributed by atoms with van der Waals surface area (Å²) in [5, 5.41) is 13.5. The van der Waals surface area contributed by atoms with Crippen molar-refractivity contribution in [2.75, 3.05) is 20.1 Å². The molecule has 0 saturated heterocycles. The van der Waals surface area contributed by atoms with Crippen LogP contribution in [0.3, 0.4) is 0 Å². The second-order valence-electron chi connectivity index (χ2n) is 4.92. The molecule has 0 aliphatic heterocycles. The first kappa shape index (κ1) is 19.3. The molecule has 1 amide bonds. The van der Waals surface area contributed by atoms with Gasteiger partial charge in [-0.15, -0.1) is 0 Å². The van der Waals surface area contributed by atoms with Crippen LogP contribution < -0.4 is 5.32 Å². The Kier molecular flexibility index (Phi) is 6.48. The van der Waals surface area contributed by atoms with Crippen LogP contribution in [-0.2, 0) is 14.8 Å². The standard InChI is InChI=1S/C13H18ClN3O5S/c1-4-5-15-13(18)8-16(3)23(21,22)10-6-11(14)9(2)12(7-10)17(19)20/h6-7H,4-5,8H2,1-3H3,(H,15,18). The molecule has 1 aromatic carbocycles. The fourth-order valence-corrected chi connectivity index (χ4v) is 3.22. The van der Waals surface area contributed by atoms with E-state index in [9.17, 15) is 23.3 Å². The average molecular weight is 364 g/mol. The number of carbonyl (C=O) groups is 1. The van der Waals surface area contributed by atoms with Crippen LogP contribution in [0.4, 0.5) is 5.69 Å². The normalized spacial score (nSPS) is 11.5. The van der Waals surface area contributed by atoms with Gasteiger partial charge in [0.05, 0.1) is 21.4 Å². The Bertz CT molecular complexity index is 721. The van der Waals surface area contributed by atoms with Crippen molar-refractivity contribution in [2.45, 2.75) is 25.2 Å². The van der Waals surface area contributed by atoms with Crippen molar-refractivity contribution in [1.82, 2.24) is 9.62 Å². The number of nitro groups is 1. The third-order valence-electron chi connectivity index (χ3n) is 3.13. The molecule has 23 heavy (non-hydrogen) atoms. The van der Waals surface area contributed by atoms with Gasteiger partial charge in [-0.25, -0.2) is 8.42 Å². The van der Waals surface area contributed by atoms with Gasteiger partial charge in [0.1, 0.15) is 0 Å². The Morgan fingerprint density at radius 3 is 2.57 bits per heavy atom. The molecule has 0 atom stereocenters. The molecule has 0 aliphatic rings. The Morgan fingerprint density at radius 1 is 1.43 bits per heavy atom. The number of halogens is 1. The van der Waals surface area contributed by atoms with Gasteiger partial charge in [-0.1, -0.05) is 18.5 Å². The predicted molar refractivity (Wildman–Crippen MR) is 86.0 cm³/mol. The highest BCUT2D eigenvalue weighted by Gasteiger charge is 2.27. The van der Waals surface area contributed by atoms with E-state index in [1.807, 2.05) is 6.92 Å². The van der Waals surface area contributed by atoms with Crippen LogP contribution in [0.2, 0.25) is 5.02 Å². The van der Waals surface area contributed by atoms with Crippen molar-refractivity contribution in [3.05, 3.63) is 32.8 Å². The molecule has 0 spiro atoms. The van der Waals surface area contributed by atoms with Gasteiger partial charge < -0.3 is 5.32 Å². The first-order valence-electron chi connectivity index (χ1n) is 6.78.